The van der Waals surface area contributed by atoms with Gasteiger partial charge in [0.2, 0.25) is 5.88 Å². The van der Waals surface area contributed by atoms with Gasteiger partial charge in [0.05, 0.1) is 12.3 Å². The predicted molar refractivity (Wildman–Crippen MR) is 60.0 cm³/mol. The molecule has 0 aromatic heterocycles. The molecule has 1 aromatic rings. The number of hydrogen-bond acceptors (Lipinski definition) is 5. The van der Waals surface area contributed by atoms with Crippen molar-refractivity contribution in [3.05, 3.63) is 35.7 Å². The number of nitrogens with one attached hydrogen (secondary N) is 1. The first-order valence-electron chi connectivity index (χ1n) is 5.11. The molecule has 0 bridgehead atoms. The van der Waals surface area contributed by atoms with E-state index in [0.717, 1.165) is 5.69 Å². The number of benzene rings is 1. The summed E-state index contributed by atoms with van der Waals surface area (Å²) in [5.41, 5.74) is 0.558. The highest BCUT2D eigenvalue weighted by molar-refractivity contribution is 5.94. The number of anilines is 1. The van der Waals surface area contributed by atoms with Crippen LogP contribution in [-0.2, 0) is 9.53 Å². The fourth-order valence-electron chi connectivity index (χ4n) is 1.42. The van der Waals surface area contributed by atoms with Crippen LogP contribution in [0.4, 0.5) is 5.69 Å². The Kier molecular flexibility index (Phi) is 2.97. The molecule has 0 aliphatic carbocycles. The summed E-state index contributed by atoms with van der Waals surface area (Å²) in [5, 5.41) is 11.8. The highest BCUT2D eigenvalue weighted by Gasteiger charge is 2.24. The molecule has 1 aliphatic heterocycles. The summed E-state index contributed by atoms with van der Waals surface area (Å²) in [6.45, 7) is 1.89. The Labute approximate surface area is 98.3 Å². The fourth-order valence-corrected chi connectivity index (χ4v) is 1.42. The maximum Gasteiger partial charge on any atom is 0.354 e. The topological polar surface area (TPSA) is 71.4 Å². The van der Waals surface area contributed by atoms with Gasteiger partial charge in [-0.1, -0.05) is 12.1 Å². The first-order chi connectivity index (χ1) is 8.26. The minimum Gasteiger partial charge on any atom is -0.462 e. The summed E-state index contributed by atoms with van der Waals surface area (Å²) in [7, 11) is 0. The lowest BCUT2D eigenvalue weighted by Crippen LogP contribution is -2.13. The summed E-state index contributed by atoms with van der Waals surface area (Å²) in [6, 6.07) is 8.95. The average Bonchev–Trinajstić information content (AvgIpc) is 2.73. The number of hydrogen-bond donors (Lipinski definition) is 1. The molecule has 1 aromatic carbocycles. The van der Waals surface area contributed by atoms with Crippen molar-refractivity contribution in [1.29, 1.82) is 5.26 Å². The van der Waals surface area contributed by atoms with Gasteiger partial charge in [0, 0.05) is 0 Å². The van der Waals surface area contributed by atoms with Gasteiger partial charge in [-0.3, -0.25) is 0 Å². The van der Waals surface area contributed by atoms with E-state index in [1.165, 1.54) is 0 Å². The monoisotopic (exact) mass is 230 g/mol. The summed E-state index contributed by atoms with van der Waals surface area (Å²) < 4.78 is 10.1. The molecular formula is C12H10N2O3. The van der Waals surface area contributed by atoms with E-state index < -0.39 is 5.97 Å². The van der Waals surface area contributed by atoms with Crippen LogP contribution in [0.25, 0.3) is 0 Å². The van der Waals surface area contributed by atoms with Crippen LogP contribution < -0.4 is 10.1 Å². The van der Waals surface area contributed by atoms with Crippen LogP contribution in [0.3, 0.4) is 0 Å². The first kappa shape index (κ1) is 11.0. The Morgan fingerprint density at radius 1 is 1.53 bits per heavy atom. The van der Waals surface area contributed by atoms with E-state index >= 15 is 0 Å². The summed E-state index contributed by atoms with van der Waals surface area (Å²) in [6.07, 6.45) is 0. The second-order valence-corrected chi connectivity index (χ2v) is 3.26. The summed E-state index contributed by atoms with van der Waals surface area (Å²) in [4.78, 5) is 11.5. The molecule has 17 heavy (non-hydrogen) atoms. The maximum atomic E-state index is 11.5. The van der Waals surface area contributed by atoms with Gasteiger partial charge < -0.3 is 14.8 Å². The van der Waals surface area contributed by atoms with Gasteiger partial charge in [-0.25, -0.2) is 4.79 Å². The number of rotatable bonds is 2. The Morgan fingerprint density at radius 2 is 2.29 bits per heavy atom. The van der Waals surface area contributed by atoms with Crippen LogP contribution in [0.1, 0.15) is 6.92 Å². The van der Waals surface area contributed by atoms with Crippen molar-refractivity contribution < 1.29 is 14.3 Å². The molecule has 1 heterocycles. The van der Waals surface area contributed by atoms with Crippen molar-refractivity contribution in [2.24, 2.45) is 0 Å². The molecule has 86 valence electrons. The Hall–Kier alpha value is -2.48. The smallest absolute Gasteiger partial charge is 0.354 e. The van der Waals surface area contributed by atoms with E-state index in [1.807, 2.05) is 6.07 Å². The minimum atomic E-state index is -0.690. The van der Waals surface area contributed by atoms with E-state index in [2.05, 4.69) is 5.32 Å². The zero-order valence-electron chi connectivity index (χ0n) is 9.19. The first-order valence-corrected chi connectivity index (χ1v) is 5.11. The maximum absolute atomic E-state index is 11.5. The third-order valence-electron chi connectivity index (χ3n) is 2.17. The Balaban J connectivity index is 2.30. The van der Waals surface area contributed by atoms with E-state index in [0.29, 0.717) is 5.75 Å². The number of nitriles is 1. The zero-order valence-corrected chi connectivity index (χ0v) is 9.19. The normalized spacial score (nSPS) is 15.1. The van der Waals surface area contributed by atoms with Crippen LogP contribution >= 0.6 is 0 Å². The highest BCUT2D eigenvalue weighted by Crippen LogP contribution is 2.33. The van der Waals surface area contributed by atoms with Crippen LogP contribution in [0, 0.1) is 11.3 Å². The number of esters is 1. The van der Waals surface area contributed by atoms with E-state index in [-0.39, 0.29) is 18.1 Å². The average molecular weight is 230 g/mol. The second-order valence-electron chi connectivity index (χ2n) is 3.26. The van der Waals surface area contributed by atoms with Gasteiger partial charge >= 0.3 is 5.97 Å². The number of para-hydroxylation sites is 2. The lowest BCUT2D eigenvalue weighted by atomic mass is 10.3. The molecule has 5 nitrogen and oxygen atoms in total. The van der Waals surface area contributed by atoms with Gasteiger partial charge in [0.1, 0.15) is 6.07 Å². The molecule has 0 unspecified atom stereocenters. The quantitative estimate of drug-likeness (QED) is 0.476. The third kappa shape index (κ3) is 2.06. The van der Waals surface area contributed by atoms with Crippen molar-refractivity contribution in [1.82, 2.24) is 0 Å². The van der Waals surface area contributed by atoms with Gasteiger partial charge in [-0.05, 0) is 19.1 Å². The van der Waals surface area contributed by atoms with Gasteiger partial charge in [0.15, 0.2) is 11.3 Å². The molecule has 0 spiro atoms. The number of fused-ring (bicyclic) bond motifs is 1. The Morgan fingerprint density at radius 3 is 2.94 bits per heavy atom. The molecule has 2 rings (SSSR count). The highest BCUT2D eigenvalue weighted by atomic mass is 16.5. The van der Waals surface area contributed by atoms with Crippen LogP contribution in [-0.4, -0.2) is 12.6 Å². The Bertz CT molecular complexity index is 502. The fraction of sp³-hybridized carbons (Fsp3) is 0.167. The molecule has 0 saturated carbocycles. The van der Waals surface area contributed by atoms with Crippen LogP contribution in [0.2, 0.25) is 0 Å². The van der Waals surface area contributed by atoms with Crippen molar-refractivity contribution in [3.8, 4) is 11.8 Å². The number of ether oxygens (including phenoxy) is 2. The molecule has 1 aliphatic rings. The number of nitrogens with zero attached hydrogens (tertiary/aromatic N) is 1. The summed E-state index contributed by atoms with van der Waals surface area (Å²) in [5.74, 6) is 0.0111. The van der Waals surface area contributed by atoms with Crippen molar-refractivity contribution in [3.63, 3.8) is 0 Å². The van der Waals surface area contributed by atoms with Crippen molar-refractivity contribution in [2.75, 3.05) is 11.9 Å². The largest absolute Gasteiger partial charge is 0.462 e. The van der Waals surface area contributed by atoms with E-state index in [9.17, 15) is 4.79 Å². The number of carbonyl (C=O) groups is 1. The lowest BCUT2D eigenvalue weighted by molar-refractivity contribution is -0.138. The van der Waals surface area contributed by atoms with E-state index in [4.69, 9.17) is 14.7 Å². The molecule has 5 heteroatoms. The van der Waals surface area contributed by atoms with Gasteiger partial charge in [0.25, 0.3) is 0 Å². The SMILES string of the molecule is CCOC(=O)/C(C#N)=C1\Nc2ccccc2O1. The van der Waals surface area contributed by atoms with Crippen LogP contribution in [0.5, 0.6) is 5.75 Å². The standard InChI is InChI=1S/C12H10N2O3/c1-2-16-12(15)8(7-13)11-14-9-5-3-4-6-10(9)17-11/h3-6,14H,2H2,1H3/b11-8+. The van der Waals surface area contributed by atoms with Gasteiger partial charge in [-0.2, -0.15) is 5.26 Å². The predicted octanol–water partition coefficient (Wildman–Crippen LogP) is 1.79. The molecule has 0 atom stereocenters. The van der Waals surface area contributed by atoms with E-state index in [1.54, 1.807) is 31.2 Å². The zero-order chi connectivity index (χ0) is 12.3. The van der Waals surface area contributed by atoms with Gasteiger partial charge in [-0.15, -0.1) is 0 Å². The van der Waals surface area contributed by atoms with Crippen molar-refractivity contribution >= 4 is 11.7 Å². The molecule has 1 N–H and O–H groups in total. The molecule has 0 radical (unpaired) electrons. The molecule has 0 fully saturated rings. The molecule has 0 saturated heterocycles. The second kappa shape index (κ2) is 4.58. The van der Waals surface area contributed by atoms with Crippen molar-refractivity contribution in [2.45, 2.75) is 6.92 Å². The summed E-state index contributed by atoms with van der Waals surface area (Å²) >= 11 is 0. The number of carbonyl (C=O) groups excluding carboxylic acids is 1. The minimum absolute atomic E-state index is 0.118. The van der Waals surface area contributed by atoms with Crippen LogP contribution in [0.15, 0.2) is 35.7 Å². The molecular weight excluding hydrogens is 220 g/mol. The lowest BCUT2D eigenvalue weighted by Gasteiger charge is -2.03. The third-order valence-corrected chi connectivity index (χ3v) is 2.17. The molecule has 0 amide bonds.